The molecule has 0 aliphatic carbocycles. The minimum Gasteiger partial charge on any atom is -0.306 e. The summed E-state index contributed by atoms with van der Waals surface area (Å²) in [5.41, 5.74) is 1.46. The predicted molar refractivity (Wildman–Crippen MR) is 143 cm³/mol. The van der Waals surface area contributed by atoms with E-state index in [-0.39, 0.29) is 17.1 Å². The molecule has 0 spiro atoms. The highest BCUT2D eigenvalue weighted by Gasteiger charge is 2.19. The molecule has 0 saturated carbocycles. The van der Waals surface area contributed by atoms with E-state index in [1.807, 2.05) is 34.9 Å². The number of hydrogen-bond donors (Lipinski definition) is 0. The van der Waals surface area contributed by atoms with E-state index < -0.39 is 0 Å². The molecule has 0 aliphatic rings. The van der Waals surface area contributed by atoms with Gasteiger partial charge in [0.25, 0.3) is 5.56 Å². The van der Waals surface area contributed by atoms with Crippen molar-refractivity contribution in [3.63, 3.8) is 0 Å². The number of likely N-dealkylation sites (N-methyl/N-ethyl adjacent to an activating group) is 1. The molecule has 0 bridgehead atoms. The number of fused-ring (bicyclic) bond motifs is 1. The summed E-state index contributed by atoms with van der Waals surface area (Å²) in [7, 11) is 0. The zero-order valence-corrected chi connectivity index (χ0v) is 22.0. The van der Waals surface area contributed by atoms with Gasteiger partial charge in [0, 0.05) is 29.4 Å². The smallest absolute Gasteiger partial charge is 0.278 e. The van der Waals surface area contributed by atoms with Gasteiger partial charge in [-0.25, -0.2) is 9.37 Å². The second-order valence-corrected chi connectivity index (χ2v) is 10.6. The fourth-order valence-electron chi connectivity index (χ4n) is 3.66. The summed E-state index contributed by atoms with van der Waals surface area (Å²) in [5.74, 6) is -0.145. The first-order valence-corrected chi connectivity index (χ1v) is 13.5. The van der Waals surface area contributed by atoms with Gasteiger partial charge in [0.15, 0.2) is 14.8 Å². The van der Waals surface area contributed by atoms with Gasteiger partial charge in [-0.15, -0.1) is 0 Å². The summed E-state index contributed by atoms with van der Waals surface area (Å²) in [4.78, 5) is 20.8. The van der Waals surface area contributed by atoms with Crippen molar-refractivity contribution in [3.05, 3.63) is 79.2 Å². The Hall–Kier alpha value is -2.04. The van der Waals surface area contributed by atoms with Crippen molar-refractivity contribution in [2.24, 2.45) is 0 Å². The van der Waals surface area contributed by atoms with E-state index in [2.05, 4.69) is 18.7 Å². The second-order valence-electron chi connectivity index (χ2n) is 7.56. The van der Waals surface area contributed by atoms with E-state index in [1.165, 1.54) is 29.2 Å². The molecular weight excluding hydrogens is 511 g/mol. The van der Waals surface area contributed by atoms with E-state index in [1.54, 1.807) is 16.7 Å². The van der Waals surface area contributed by atoms with Crippen molar-refractivity contribution in [2.75, 3.05) is 19.6 Å². The lowest BCUT2D eigenvalue weighted by atomic mass is 10.2. The fraction of sp³-hybridized carbons (Fsp3) is 0.292. The highest BCUT2D eigenvalue weighted by atomic mass is 35.5. The lowest BCUT2D eigenvalue weighted by Gasteiger charge is -2.18. The Bertz CT molecular complexity index is 1390. The second kappa shape index (κ2) is 11.1. The number of thiazole rings is 1. The molecule has 2 aromatic heterocycles. The molecule has 4 aromatic rings. The number of rotatable bonds is 9. The first kappa shape index (κ1) is 25.1. The third-order valence-electron chi connectivity index (χ3n) is 5.61. The molecule has 178 valence electrons. The van der Waals surface area contributed by atoms with Gasteiger partial charge in [-0.3, -0.25) is 9.36 Å². The summed E-state index contributed by atoms with van der Waals surface area (Å²) >= 11 is 14.4. The average molecular weight is 535 g/mol. The maximum Gasteiger partial charge on any atom is 0.278 e. The maximum atomic E-state index is 14.4. The summed E-state index contributed by atoms with van der Waals surface area (Å²) in [6.45, 7) is 7.56. The number of nitrogens with zero attached hydrogens (tertiary/aromatic N) is 4. The van der Waals surface area contributed by atoms with Gasteiger partial charge < -0.3 is 9.47 Å². The van der Waals surface area contributed by atoms with Gasteiger partial charge in [-0.1, -0.05) is 72.8 Å². The van der Waals surface area contributed by atoms with E-state index >= 15 is 0 Å². The number of benzene rings is 2. The SMILES string of the molecule is CCN(CC)CCn1c(=S)sc2c(=O)n(-c3ccccc3)c(SCc3c(F)cccc3Cl)nc21. The summed E-state index contributed by atoms with van der Waals surface area (Å²) in [6, 6.07) is 13.9. The predicted octanol–water partition coefficient (Wildman–Crippen LogP) is 6.40. The third-order valence-corrected chi connectivity index (χ3v) is 8.36. The van der Waals surface area contributed by atoms with E-state index in [0.29, 0.717) is 42.3 Å². The molecule has 2 heterocycles. The van der Waals surface area contributed by atoms with Crippen LogP contribution in [0.3, 0.4) is 0 Å². The first-order valence-electron chi connectivity index (χ1n) is 10.9. The number of hydrogen-bond acceptors (Lipinski definition) is 6. The van der Waals surface area contributed by atoms with Crippen LogP contribution in [0.5, 0.6) is 0 Å². The Labute approximate surface area is 215 Å². The normalized spacial score (nSPS) is 11.6. The monoisotopic (exact) mass is 534 g/mol. The Morgan fingerprint density at radius 3 is 2.56 bits per heavy atom. The Kier molecular flexibility index (Phi) is 8.21. The van der Waals surface area contributed by atoms with Crippen LogP contribution in [0, 0.1) is 9.77 Å². The highest BCUT2D eigenvalue weighted by Crippen LogP contribution is 2.30. The highest BCUT2D eigenvalue weighted by molar-refractivity contribution is 7.98. The largest absolute Gasteiger partial charge is 0.306 e. The van der Waals surface area contributed by atoms with Crippen molar-refractivity contribution in [1.82, 2.24) is 19.0 Å². The molecule has 0 atom stereocenters. The Morgan fingerprint density at radius 2 is 1.88 bits per heavy atom. The summed E-state index contributed by atoms with van der Waals surface area (Å²) < 4.78 is 19.1. The van der Waals surface area contributed by atoms with Crippen LogP contribution in [-0.4, -0.2) is 38.7 Å². The Balaban J connectivity index is 1.83. The van der Waals surface area contributed by atoms with Crippen molar-refractivity contribution in [1.29, 1.82) is 0 Å². The van der Waals surface area contributed by atoms with Crippen LogP contribution in [-0.2, 0) is 12.3 Å². The van der Waals surface area contributed by atoms with Crippen LogP contribution < -0.4 is 5.56 Å². The average Bonchev–Trinajstić information content (AvgIpc) is 3.15. The van der Waals surface area contributed by atoms with Crippen LogP contribution in [0.15, 0.2) is 58.5 Å². The zero-order chi connectivity index (χ0) is 24.2. The molecule has 5 nitrogen and oxygen atoms in total. The van der Waals surface area contributed by atoms with Gasteiger partial charge in [0.05, 0.1) is 5.69 Å². The molecule has 34 heavy (non-hydrogen) atoms. The van der Waals surface area contributed by atoms with Crippen molar-refractivity contribution in [2.45, 2.75) is 31.3 Å². The number of thioether (sulfide) groups is 1. The fourth-order valence-corrected chi connectivity index (χ4v) is 6.32. The van der Waals surface area contributed by atoms with Gasteiger partial charge in [0.1, 0.15) is 10.5 Å². The zero-order valence-electron chi connectivity index (χ0n) is 18.8. The van der Waals surface area contributed by atoms with Gasteiger partial charge in [0.2, 0.25) is 0 Å². The first-order chi connectivity index (χ1) is 16.4. The van der Waals surface area contributed by atoms with Crippen LogP contribution >= 0.6 is 46.9 Å². The van der Waals surface area contributed by atoms with E-state index in [4.69, 9.17) is 28.8 Å². The quantitative estimate of drug-likeness (QED) is 0.141. The standard InChI is InChI=1S/C24H24ClFN4OS3/c1-3-28(4-2)13-14-29-21-20(34-24(29)32)22(31)30(16-9-6-5-7-10-16)23(27-21)33-15-17-18(25)11-8-12-19(17)26/h5-12H,3-4,13-15H2,1-2H3. The molecule has 0 aliphatic heterocycles. The van der Waals surface area contributed by atoms with Crippen molar-refractivity contribution >= 4 is 57.3 Å². The lowest BCUT2D eigenvalue weighted by molar-refractivity contribution is 0.291. The molecule has 0 amide bonds. The lowest BCUT2D eigenvalue weighted by Crippen LogP contribution is -2.27. The molecule has 0 unspecified atom stereocenters. The van der Waals surface area contributed by atoms with Crippen LogP contribution in [0.25, 0.3) is 16.0 Å². The minimum absolute atomic E-state index is 0.184. The topological polar surface area (TPSA) is 43.1 Å². The van der Waals surface area contributed by atoms with Crippen LogP contribution in [0.1, 0.15) is 19.4 Å². The molecular formula is C24H24ClFN4OS3. The van der Waals surface area contributed by atoms with Crippen molar-refractivity contribution < 1.29 is 4.39 Å². The molecule has 0 saturated heterocycles. The minimum atomic E-state index is -0.382. The third kappa shape index (κ3) is 5.13. The van der Waals surface area contributed by atoms with Crippen LogP contribution in [0.4, 0.5) is 4.39 Å². The molecule has 4 rings (SSSR count). The molecule has 10 heteroatoms. The molecule has 0 N–H and O–H groups in total. The van der Waals surface area contributed by atoms with E-state index in [0.717, 1.165) is 19.6 Å². The summed E-state index contributed by atoms with van der Waals surface area (Å²) in [6.07, 6.45) is 0. The van der Waals surface area contributed by atoms with Gasteiger partial charge in [-0.05, 0) is 49.6 Å². The molecule has 0 radical (unpaired) electrons. The summed E-state index contributed by atoms with van der Waals surface area (Å²) in [5, 5.41) is 0.812. The number of para-hydroxylation sites is 1. The number of halogens is 2. The number of aromatic nitrogens is 3. The van der Waals surface area contributed by atoms with E-state index in [9.17, 15) is 9.18 Å². The molecule has 0 fully saturated rings. The Morgan fingerprint density at radius 1 is 1.15 bits per heavy atom. The van der Waals surface area contributed by atoms with Crippen molar-refractivity contribution in [3.8, 4) is 5.69 Å². The van der Waals surface area contributed by atoms with Crippen LogP contribution in [0.2, 0.25) is 5.02 Å². The molecule has 2 aromatic carbocycles. The van der Waals surface area contributed by atoms with Gasteiger partial charge in [-0.2, -0.15) is 0 Å². The maximum absolute atomic E-state index is 14.4. The van der Waals surface area contributed by atoms with Gasteiger partial charge >= 0.3 is 0 Å².